The molecule has 0 aliphatic carbocycles. The highest BCUT2D eigenvalue weighted by molar-refractivity contribution is 5.93. The van der Waals surface area contributed by atoms with E-state index >= 15 is 0 Å². The van der Waals surface area contributed by atoms with Crippen molar-refractivity contribution in [3.8, 4) is 0 Å². The Bertz CT molecular complexity index is 309. The summed E-state index contributed by atoms with van der Waals surface area (Å²) in [6, 6.07) is 9.03. The van der Waals surface area contributed by atoms with Crippen molar-refractivity contribution in [2.24, 2.45) is 5.84 Å². The fourth-order valence-electron chi connectivity index (χ4n) is 1.37. The Morgan fingerprint density at radius 1 is 1.20 bits per heavy atom. The second-order valence-corrected chi connectivity index (χ2v) is 3.15. The fourth-order valence-corrected chi connectivity index (χ4v) is 1.37. The van der Waals surface area contributed by atoms with Crippen molar-refractivity contribution in [3.05, 3.63) is 35.9 Å². The van der Waals surface area contributed by atoms with Crippen LogP contribution in [-0.4, -0.2) is 29.1 Å². The third-order valence-electron chi connectivity index (χ3n) is 2.26. The number of hydrazine groups is 2. The van der Waals surface area contributed by atoms with Crippen LogP contribution in [0.3, 0.4) is 0 Å². The van der Waals surface area contributed by atoms with Crippen LogP contribution in [0.1, 0.15) is 24.2 Å². The Morgan fingerprint density at radius 2 is 1.73 bits per heavy atom. The zero-order chi connectivity index (χ0) is 11.3. The summed E-state index contributed by atoms with van der Waals surface area (Å²) in [4.78, 5) is 11.9. The van der Waals surface area contributed by atoms with Gasteiger partial charge in [0, 0.05) is 18.7 Å². The third-order valence-corrected chi connectivity index (χ3v) is 2.26. The standard InChI is InChI=1S/C11H17N3O/c1-3-13(4-2)14(12)11(15)10-8-6-5-7-9-10/h5-9H,3-4,12H2,1-2H3. The quantitative estimate of drug-likeness (QED) is 0.459. The number of rotatable bonds is 4. The number of benzene rings is 1. The zero-order valence-corrected chi connectivity index (χ0v) is 9.18. The molecule has 4 heteroatoms. The number of carbonyl (C=O) groups excluding carboxylic acids is 1. The van der Waals surface area contributed by atoms with E-state index in [-0.39, 0.29) is 5.91 Å². The van der Waals surface area contributed by atoms with Crippen LogP contribution in [0.5, 0.6) is 0 Å². The predicted octanol–water partition coefficient (Wildman–Crippen LogP) is 1.26. The molecule has 15 heavy (non-hydrogen) atoms. The SMILES string of the molecule is CCN(CC)N(N)C(=O)c1ccccc1. The molecular weight excluding hydrogens is 190 g/mol. The first-order valence-corrected chi connectivity index (χ1v) is 5.09. The van der Waals surface area contributed by atoms with Crippen molar-refractivity contribution in [2.75, 3.05) is 13.1 Å². The number of nitrogens with zero attached hydrogens (tertiary/aromatic N) is 2. The van der Waals surface area contributed by atoms with Gasteiger partial charge >= 0.3 is 0 Å². The summed E-state index contributed by atoms with van der Waals surface area (Å²) in [7, 11) is 0. The van der Waals surface area contributed by atoms with Gasteiger partial charge in [0.05, 0.1) is 0 Å². The molecule has 2 N–H and O–H groups in total. The van der Waals surface area contributed by atoms with E-state index in [1.165, 1.54) is 5.12 Å². The van der Waals surface area contributed by atoms with Crippen LogP contribution < -0.4 is 5.84 Å². The Balaban J connectivity index is 2.77. The lowest BCUT2D eigenvalue weighted by atomic mass is 10.2. The smallest absolute Gasteiger partial charge is 0.266 e. The highest BCUT2D eigenvalue weighted by Gasteiger charge is 2.16. The third kappa shape index (κ3) is 2.78. The van der Waals surface area contributed by atoms with E-state index in [0.717, 1.165) is 0 Å². The molecule has 0 spiro atoms. The van der Waals surface area contributed by atoms with Crippen LogP contribution in [0, 0.1) is 0 Å². The van der Waals surface area contributed by atoms with Crippen molar-refractivity contribution >= 4 is 5.91 Å². The lowest BCUT2D eigenvalue weighted by Crippen LogP contribution is -2.50. The fraction of sp³-hybridized carbons (Fsp3) is 0.364. The van der Waals surface area contributed by atoms with Crippen LogP contribution in [0.15, 0.2) is 30.3 Å². The summed E-state index contributed by atoms with van der Waals surface area (Å²) >= 11 is 0. The molecule has 1 aromatic rings. The Hall–Kier alpha value is -1.39. The number of hydrogen-bond donors (Lipinski definition) is 1. The van der Waals surface area contributed by atoms with Gasteiger partial charge in [-0.15, -0.1) is 0 Å². The first-order chi connectivity index (χ1) is 7.20. The van der Waals surface area contributed by atoms with Crippen molar-refractivity contribution in [1.82, 2.24) is 10.1 Å². The van der Waals surface area contributed by atoms with Crippen molar-refractivity contribution < 1.29 is 4.79 Å². The maximum atomic E-state index is 11.9. The second-order valence-electron chi connectivity index (χ2n) is 3.15. The predicted molar refractivity (Wildman–Crippen MR) is 59.7 cm³/mol. The summed E-state index contributed by atoms with van der Waals surface area (Å²) in [6.45, 7) is 5.35. The largest absolute Gasteiger partial charge is 0.282 e. The van der Waals surface area contributed by atoms with Crippen LogP contribution in [-0.2, 0) is 0 Å². The molecule has 0 aromatic heterocycles. The van der Waals surface area contributed by atoms with Gasteiger partial charge in [0.2, 0.25) is 0 Å². The van der Waals surface area contributed by atoms with Crippen LogP contribution in [0.2, 0.25) is 0 Å². The summed E-state index contributed by atoms with van der Waals surface area (Å²) in [5, 5.41) is 2.95. The van der Waals surface area contributed by atoms with Gasteiger partial charge in [-0.3, -0.25) is 4.79 Å². The zero-order valence-electron chi connectivity index (χ0n) is 9.18. The maximum Gasteiger partial charge on any atom is 0.282 e. The normalized spacial score (nSPS) is 10.4. The summed E-state index contributed by atoms with van der Waals surface area (Å²) in [5.41, 5.74) is 0.604. The van der Waals surface area contributed by atoms with Gasteiger partial charge in [-0.2, -0.15) is 0 Å². The average molecular weight is 207 g/mol. The molecule has 1 rings (SSSR count). The summed E-state index contributed by atoms with van der Waals surface area (Å²) < 4.78 is 0. The molecule has 0 saturated carbocycles. The molecule has 1 amide bonds. The Kier molecular flexibility index (Phi) is 4.27. The summed E-state index contributed by atoms with van der Waals surface area (Å²) in [5.74, 6) is 5.54. The maximum absolute atomic E-state index is 11.9. The van der Waals surface area contributed by atoms with Gasteiger partial charge in [0.25, 0.3) is 5.91 Å². The monoisotopic (exact) mass is 207 g/mol. The molecule has 0 heterocycles. The van der Waals surface area contributed by atoms with Crippen molar-refractivity contribution in [3.63, 3.8) is 0 Å². The van der Waals surface area contributed by atoms with Crippen LogP contribution >= 0.6 is 0 Å². The van der Waals surface area contributed by atoms with Gasteiger partial charge in [-0.1, -0.05) is 32.0 Å². The number of hydrogen-bond acceptors (Lipinski definition) is 3. The minimum Gasteiger partial charge on any atom is -0.266 e. The molecule has 0 atom stereocenters. The van der Waals surface area contributed by atoms with Gasteiger partial charge in [-0.05, 0) is 12.1 Å². The van der Waals surface area contributed by atoms with E-state index in [2.05, 4.69) is 0 Å². The lowest BCUT2D eigenvalue weighted by molar-refractivity contribution is -0.00512. The molecule has 0 radical (unpaired) electrons. The van der Waals surface area contributed by atoms with Crippen LogP contribution in [0.4, 0.5) is 0 Å². The van der Waals surface area contributed by atoms with Gasteiger partial charge in [0.15, 0.2) is 0 Å². The van der Waals surface area contributed by atoms with E-state index in [0.29, 0.717) is 18.7 Å². The van der Waals surface area contributed by atoms with Crippen molar-refractivity contribution in [1.29, 1.82) is 0 Å². The molecule has 0 aliphatic heterocycles. The van der Waals surface area contributed by atoms with E-state index in [9.17, 15) is 4.79 Å². The molecule has 0 aliphatic rings. The van der Waals surface area contributed by atoms with Gasteiger partial charge < -0.3 is 0 Å². The van der Waals surface area contributed by atoms with Crippen molar-refractivity contribution in [2.45, 2.75) is 13.8 Å². The molecule has 1 aromatic carbocycles. The van der Waals surface area contributed by atoms with Gasteiger partial charge in [-0.25, -0.2) is 16.0 Å². The number of carbonyl (C=O) groups is 1. The topological polar surface area (TPSA) is 49.6 Å². The molecule has 0 bridgehead atoms. The van der Waals surface area contributed by atoms with E-state index in [1.54, 1.807) is 17.1 Å². The molecular formula is C11H17N3O. The van der Waals surface area contributed by atoms with E-state index in [1.807, 2.05) is 32.0 Å². The average Bonchev–Trinajstić information content (AvgIpc) is 2.30. The minimum atomic E-state index is -0.181. The van der Waals surface area contributed by atoms with Gasteiger partial charge in [0.1, 0.15) is 0 Å². The first-order valence-electron chi connectivity index (χ1n) is 5.09. The van der Waals surface area contributed by atoms with E-state index < -0.39 is 0 Å². The van der Waals surface area contributed by atoms with E-state index in [4.69, 9.17) is 5.84 Å². The highest BCUT2D eigenvalue weighted by Crippen LogP contribution is 2.03. The molecule has 82 valence electrons. The number of amides is 1. The van der Waals surface area contributed by atoms with Crippen LogP contribution in [0.25, 0.3) is 0 Å². The Labute approximate surface area is 90.2 Å². The first kappa shape index (κ1) is 11.7. The second kappa shape index (κ2) is 5.48. The minimum absolute atomic E-state index is 0.181. The molecule has 0 fully saturated rings. The number of nitrogens with two attached hydrogens (primary N) is 1. The molecule has 0 saturated heterocycles. The summed E-state index contributed by atoms with van der Waals surface area (Å²) in [6.07, 6.45) is 0. The lowest BCUT2D eigenvalue weighted by Gasteiger charge is -2.28. The molecule has 0 unspecified atom stereocenters. The Morgan fingerprint density at radius 3 is 2.20 bits per heavy atom. The highest BCUT2D eigenvalue weighted by atomic mass is 16.2. The molecule has 4 nitrogen and oxygen atoms in total.